The quantitative estimate of drug-likeness (QED) is 0.329. The summed E-state index contributed by atoms with van der Waals surface area (Å²) in [6, 6.07) is 13.5. The van der Waals surface area contributed by atoms with Gasteiger partial charge in [0.05, 0.1) is 23.2 Å². The van der Waals surface area contributed by atoms with Crippen LogP contribution in [0, 0.1) is 17.1 Å². The average Bonchev–Trinajstić information content (AvgIpc) is 3.47. The van der Waals surface area contributed by atoms with Crippen LogP contribution in [0.4, 0.5) is 10.2 Å². The fourth-order valence-corrected chi connectivity index (χ4v) is 8.45. The van der Waals surface area contributed by atoms with Gasteiger partial charge < -0.3 is 19.9 Å². The number of ether oxygens (including phenoxy) is 1. The van der Waals surface area contributed by atoms with Crippen LogP contribution in [0.3, 0.4) is 0 Å². The molecule has 9 rings (SSSR count). The highest BCUT2D eigenvalue weighted by molar-refractivity contribution is 6.31. The number of amides is 4. The van der Waals surface area contributed by atoms with E-state index in [1.165, 1.54) is 4.90 Å². The van der Waals surface area contributed by atoms with Gasteiger partial charge in [0.15, 0.2) is 11.5 Å². The van der Waals surface area contributed by atoms with E-state index in [1.807, 2.05) is 12.1 Å². The van der Waals surface area contributed by atoms with Crippen molar-refractivity contribution < 1.29 is 28.3 Å². The number of nitriles is 1. The van der Waals surface area contributed by atoms with Crippen LogP contribution in [0.15, 0.2) is 42.5 Å². The minimum absolute atomic E-state index is 0.000581. The van der Waals surface area contributed by atoms with Crippen LogP contribution < -0.4 is 20.3 Å². The SMILES string of the molecule is N#Cc1ccc(OC2CCC(NC(=O)c3ccc(N4C5CC4CN(Cc4ccc6c(c4F)CN(C4CCC(=O)NC4=O)C6=O)C5)nn3)CC2)cc1Cl. The maximum Gasteiger partial charge on any atom is 0.272 e. The fourth-order valence-electron chi connectivity index (χ4n) is 8.24. The first-order valence-electron chi connectivity index (χ1n) is 17.6. The normalized spacial score (nSPS) is 25.6. The molecule has 4 saturated heterocycles. The third-order valence-corrected chi connectivity index (χ3v) is 11.2. The molecule has 5 fully saturated rings. The molecule has 2 N–H and O–H groups in total. The number of hydrogen-bond acceptors (Lipinski definition) is 10. The topological polar surface area (TPSA) is 161 Å². The van der Waals surface area contributed by atoms with Crippen molar-refractivity contribution >= 4 is 41.0 Å². The Balaban J connectivity index is 0.820. The Labute approximate surface area is 304 Å². The molecule has 4 amide bonds. The lowest BCUT2D eigenvalue weighted by molar-refractivity contribution is -0.136. The van der Waals surface area contributed by atoms with Gasteiger partial charge in [-0.05, 0) is 68.9 Å². The van der Waals surface area contributed by atoms with Gasteiger partial charge >= 0.3 is 0 Å². The van der Waals surface area contributed by atoms with Crippen molar-refractivity contribution in [1.29, 1.82) is 5.26 Å². The first-order chi connectivity index (χ1) is 25.1. The second kappa shape index (κ2) is 13.8. The highest BCUT2D eigenvalue weighted by Gasteiger charge is 2.46. The molecule has 2 aromatic carbocycles. The first kappa shape index (κ1) is 34.0. The molecule has 3 atom stereocenters. The predicted molar refractivity (Wildman–Crippen MR) is 185 cm³/mol. The van der Waals surface area contributed by atoms with Crippen LogP contribution in [0.1, 0.15) is 82.5 Å². The molecular formula is C37H36ClFN8O5. The van der Waals surface area contributed by atoms with Crippen molar-refractivity contribution in [2.24, 2.45) is 0 Å². The van der Waals surface area contributed by atoms with Gasteiger partial charge in [-0.25, -0.2) is 4.39 Å². The summed E-state index contributed by atoms with van der Waals surface area (Å²) in [7, 11) is 0. The van der Waals surface area contributed by atoms with Crippen LogP contribution in [-0.2, 0) is 22.7 Å². The van der Waals surface area contributed by atoms with Gasteiger partial charge in [0, 0.05) is 66.9 Å². The second-order valence-corrected chi connectivity index (χ2v) is 14.6. The number of nitrogens with zero attached hydrogens (tertiary/aromatic N) is 6. The minimum atomic E-state index is -0.790. The van der Waals surface area contributed by atoms with E-state index >= 15 is 4.39 Å². The molecule has 6 aliphatic rings. The maximum atomic E-state index is 15.8. The third kappa shape index (κ3) is 6.43. The molecule has 1 saturated carbocycles. The Morgan fingerprint density at radius 1 is 1.04 bits per heavy atom. The van der Waals surface area contributed by atoms with E-state index in [0.29, 0.717) is 52.9 Å². The largest absolute Gasteiger partial charge is 0.490 e. The third-order valence-electron chi connectivity index (χ3n) is 10.9. The van der Waals surface area contributed by atoms with Crippen molar-refractivity contribution in [3.63, 3.8) is 0 Å². The first-order valence-corrected chi connectivity index (χ1v) is 18.0. The monoisotopic (exact) mass is 726 g/mol. The Bertz CT molecular complexity index is 1990. The molecule has 2 bridgehead atoms. The molecule has 52 heavy (non-hydrogen) atoms. The number of halogens is 2. The van der Waals surface area contributed by atoms with E-state index in [1.54, 1.807) is 36.4 Å². The highest BCUT2D eigenvalue weighted by atomic mass is 35.5. The van der Waals surface area contributed by atoms with E-state index in [-0.39, 0.29) is 66.7 Å². The molecule has 5 aliphatic heterocycles. The molecular weight excluding hydrogens is 691 g/mol. The van der Waals surface area contributed by atoms with Crippen molar-refractivity contribution in [3.05, 3.63) is 81.3 Å². The number of piperazine rings is 1. The highest BCUT2D eigenvalue weighted by Crippen LogP contribution is 2.37. The van der Waals surface area contributed by atoms with Crippen molar-refractivity contribution in [3.8, 4) is 11.8 Å². The van der Waals surface area contributed by atoms with E-state index < -0.39 is 23.7 Å². The zero-order valence-corrected chi connectivity index (χ0v) is 28.9. The van der Waals surface area contributed by atoms with E-state index in [4.69, 9.17) is 21.6 Å². The fraction of sp³-hybridized carbons (Fsp3) is 0.432. The van der Waals surface area contributed by atoms with Gasteiger partial charge in [-0.15, -0.1) is 10.2 Å². The van der Waals surface area contributed by atoms with Gasteiger partial charge in [-0.2, -0.15) is 5.26 Å². The number of piperidine rings is 2. The van der Waals surface area contributed by atoms with E-state index in [2.05, 4.69) is 30.6 Å². The van der Waals surface area contributed by atoms with Gasteiger partial charge in [0.2, 0.25) is 11.8 Å². The summed E-state index contributed by atoms with van der Waals surface area (Å²) in [6.45, 7) is 1.78. The number of benzene rings is 2. The number of rotatable bonds is 8. The molecule has 0 spiro atoms. The second-order valence-electron chi connectivity index (χ2n) is 14.2. The lowest BCUT2D eigenvalue weighted by Gasteiger charge is -2.56. The summed E-state index contributed by atoms with van der Waals surface area (Å²) >= 11 is 6.13. The molecule has 3 unspecified atom stereocenters. The number of carbonyl (C=O) groups excluding carboxylic acids is 4. The molecule has 15 heteroatoms. The molecule has 1 aromatic heterocycles. The molecule has 268 valence electrons. The number of hydrogen-bond donors (Lipinski definition) is 2. The Kier molecular flexibility index (Phi) is 9.00. The van der Waals surface area contributed by atoms with E-state index in [0.717, 1.165) is 32.1 Å². The van der Waals surface area contributed by atoms with Crippen LogP contribution in [0.5, 0.6) is 5.75 Å². The Morgan fingerprint density at radius 2 is 1.83 bits per heavy atom. The molecule has 6 heterocycles. The summed E-state index contributed by atoms with van der Waals surface area (Å²) in [5, 5.41) is 23.4. The summed E-state index contributed by atoms with van der Waals surface area (Å²) in [4.78, 5) is 55.8. The van der Waals surface area contributed by atoms with Crippen LogP contribution in [0.2, 0.25) is 5.02 Å². The number of fused-ring (bicyclic) bond motifs is 3. The van der Waals surface area contributed by atoms with Gasteiger partial charge in [-0.1, -0.05) is 17.7 Å². The van der Waals surface area contributed by atoms with Crippen molar-refractivity contribution in [2.45, 2.75) is 88.3 Å². The van der Waals surface area contributed by atoms with Crippen molar-refractivity contribution in [2.75, 3.05) is 18.0 Å². The lowest BCUT2D eigenvalue weighted by atomic mass is 9.87. The van der Waals surface area contributed by atoms with Gasteiger partial charge in [0.25, 0.3) is 11.8 Å². The van der Waals surface area contributed by atoms with Crippen LogP contribution in [0.25, 0.3) is 0 Å². The summed E-state index contributed by atoms with van der Waals surface area (Å²) < 4.78 is 21.9. The van der Waals surface area contributed by atoms with Gasteiger partial charge in [-0.3, -0.25) is 29.4 Å². The van der Waals surface area contributed by atoms with Gasteiger partial charge in [0.1, 0.15) is 23.7 Å². The van der Waals surface area contributed by atoms with E-state index in [9.17, 15) is 19.2 Å². The lowest BCUT2D eigenvalue weighted by Crippen LogP contribution is -2.69. The van der Waals surface area contributed by atoms with Crippen molar-refractivity contribution in [1.82, 2.24) is 30.6 Å². The Hall–Kier alpha value is -5.13. The van der Waals surface area contributed by atoms with Crippen LogP contribution in [-0.4, -0.2) is 87.0 Å². The Morgan fingerprint density at radius 3 is 2.52 bits per heavy atom. The molecule has 3 aromatic rings. The standard InChI is InChI=1S/C37H36ClFN8O5/c38-29-14-26(5-1-20(29)15-40)52-25-6-3-22(4-7-25)41-35(49)30-9-11-32(44-43-30)47-23-13-24(47)18-45(17-23)16-21-2-8-27-28(34(21)39)19-46(37(27)51)31-10-12-33(48)42-36(31)50/h1-2,5,8-9,11,14,22-25,31H,3-4,6-7,10,12-13,16-19H2,(H,41,49)(H,42,48,50). The van der Waals surface area contributed by atoms with Crippen LogP contribution >= 0.6 is 11.6 Å². The number of imide groups is 1. The zero-order valence-electron chi connectivity index (χ0n) is 28.2. The average molecular weight is 727 g/mol. The maximum absolute atomic E-state index is 15.8. The molecule has 13 nitrogen and oxygen atoms in total. The minimum Gasteiger partial charge on any atom is -0.490 e. The number of carbonyl (C=O) groups is 4. The summed E-state index contributed by atoms with van der Waals surface area (Å²) in [5.41, 5.74) is 1.71. The summed E-state index contributed by atoms with van der Waals surface area (Å²) in [5.74, 6) is -0.646. The smallest absolute Gasteiger partial charge is 0.272 e. The predicted octanol–water partition coefficient (Wildman–Crippen LogP) is 3.48. The number of anilines is 1. The molecule has 1 aliphatic carbocycles. The molecule has 0 radical (unpaired) electrons. The zero-order chi connectivity index (χ0) is 36.1. The number of aromatic nitrogens is 2. The number of nitrogens with one attached hydrogen (secondary N) is 2. The summed E-state index contributed by atoms with van der Waals surface area (Å²) in [6.07, 6.45) is 4.40.